The zero-order valence-corrected chi connectivity index (χ0v) is 9.91. The number of nitrogens with one attached hydrogen (secondary N) is 1. The van der Waals surface area contributed by atoms with Crippen molar-refractivity contribution < 1.29 is 9.18 Å². The quantitative estimate of drug-likeness (QED) is 0.821. The Hall–Kier alpha value is -2.14. The van der Waals surface area contributed by atoms with Gasteiger partial charge in [0.25, 0.3) is 5.91 Å². The number of rotatable bonds is 2. The molecule has 1 aromatic heterocycles. The maximum absolute atomic E-state index is 12.9. The molecule has 0 unspecified atom stereocenters. The Balaban J connectivity index is 2.22. The van der Waals surface area contributed by atoms with Gasteiger partial charge in [0, 0.05) is 11.3 Å². The van der Waals surface area contributed by atoms with Gasteiger partial charge in [0.2, 0.25) is 0 Å². The number of carbonyl (C=O) groups is 1. The van der Waals surface area contributed by atoms with Crippen LogP contribution in [0.2, 0.25) is 5.15 Å². The fourth-order valence-corrected chi connectivity index (χ4v) is 1.63. The molecule has 0 aliphatic heterocycles. The summed E-state index contributed by atoms with van der Waals surface area (Å²) >= 11 is 5.69. The van der Waals surface area contributed by atoms with Crippen LogP contribution in [-0.2, 0) is 0 Å². The summed E-state index contributed by atoms with van der Waals surface area (Å²) in [5.74, 6) is -0.719. The Morgan fingerprint density at radius 3 is 2.78 bits per heavy atom. The van der Waals surface area contributed by atoms with E-state index in [9.17, 15) is 9.18 Å². The number of carbonyl (C=O) groups excluding carboxylic acids is 1. The largest absolute Gasteiger partial charge is 0.384 e. The van der Waals surface area contributed by atoms with Gasteiger partial charge >= 0.3 is 0 Å². The standard InChI is InChI=1S/C12H9ClFN3O/c13-10-4-7(5-11(15)17-10)12(18)16-9-3-1-2-8(14)6-9/h1-6H,(H2,15,17)(H,16,18). The lowest BCUT2D eigenvalue weighted by molar-refractivity contribution is 0.102. The van der Waals surface area contributed by atoms with Gasteiger partial charge in [0.1, 0.15) is 16.8 Å². The number of hydrogen-bond acceptors (Lipinski definition) is 3. The number of pyridine rings is 1. The predicted molar refractivity (Wildman–Crippen MR) is 68.0 cm³/mol. The lowest BCUT2D eigenvalue weighted by Crippen LogP contribution is -2.12. The number of anilines is 2. The summed E-state index contributed by atoms with van der Waals surface area (Å²) in [5.41, 5.74) is 6.09. The van der Waals surface area contributed by atoms with Crippen molar-refractivity contribution in [3.8, 4) is 0 Å². The molecule has 6 heteroatoms. The van der Waals surface area contributed by atoms with Gasteiger partial charge in [-0.2, -0.15) is 0 Å². The highest BCUT2D eigenvalue weighted by atomic mass is 35.5. The maximum Gasteiger partial charge on any atom is 0.255 e. The minimum absolute atomic E-state index is 0.124. The molecule has 1 heterocycles. The second-order valence-corrected chi connectivity index (χ2v) is 3.96. The van der Waals surface area contributed by atoms with Crippen molar-refractivity contribution in [3.05, 3.63) is 52.9 Å². The molecule has 18 heavy (non-hydrogen) atoms. The molecule has 2 rings (SSSR count). The minimum Gasteiger partial charge on any atom is -0.384 e. The number of halogens is 2. The van der Waals surface area contributed by atoms with Crippen LogP contribution in [0, 0.1) is 5.82 Å². The molecule has 0 radical (unpaired) electrons. The first kappa shape index (κ1) is 12.3. The summed E-state index contributed by atoms with van der Waals surface area (Å²) < 4.78 is 12.9. The van der Waals surface area contributed by atoms with Crippen molar-refractivity contribution in [1.82, 2.24) is 4.98 Å². The van der Waals surface area contributed by atoms with Crippen LogP contribution in [0.5, 0.6) is 0 Å². The summed E-state index contributed by atoms with van der Waals surface area (Å²) in [6, 6.07) is 8.35. The summed E-state index contributed by atoms with van der Waals surface area (Å²) in [5, 5.41) is 2.66. The SMILES string of the molecule is Nc1cc(C(=O)Nc2cccc(F)c2)cc(Cl)n1. The van der Waals surface area contributed by atoms with Crippen molar-refractivity contribution in [2.75, 3.05) is 11.1 Å². The van der Waals surface area contributed by atoms with Gasteiger partial charge in [0.15, 0.2) is 0 Å². The third kappa shape index (κ3) is 2.95. The summed E-state index contributed by atoms with van der Waals surface area (Å²) in [7, 11) is 0. The smallest absolute Gasteiger partial charge is 0.255 e. The van der Waals surface area contributed by atoms with E-state index in [1.807, 2.05) is 0 Å². The molecular weight excluding hydrogens is 257 g/mol. The molecular formula is C12H9ClFN3O. The Kier molecular flexibility index (Phi) is 3.43. The second kappa shape index (κ2) is 5.01. The highest BCUT2D eigenvalue weighted by Gasteiger charge is 2.09. The first-order valence-electron chi connectivity index (χ1n) is 5.04. The van der Waals surface area contributed by atoms with E-state index in [1.54, 1.807) is 6.07 Å². The van der Waals surface area contributed by atoms with Crippen molar-refractivity contribution in [1.29, 1.82) is 0 Å². The molecule has 0 atom stereocenters. The molecule has 1 aromatic carbocycles. The zero-order chi connectivity index (χ0) is 13.1. The fraction of sp³-hybridized carbons (Fsp3) is 0. The topological polar surface area (TPSA) is 68.0 Å². The van der Waals surface area contributed by atoms with E-state index >= 15 is 0 Å². The summed E-state index contributed by atoms with van der Waals surface area (Å²) in [6.45, 7) is 0. The molecule has 3 N–H and O–H groups in total. The van der Waals surface area contributed by atoms with Crippen LogP contribution < -0.4 is 11.1 Å². The average Bonchev–Trinajstić information content (AvgIpc) is 2.27. The van der Waals surface area contributed by atoms with Gasteiger partial charge in [-0.25, -0.2) is 9.37 Å². The van der Waals surface area contributed by atoms with E-state index < -0.39 is 11.7 Å². The van der Waals surface area contributed by atoms with Crippen molar-refractivity contribution in [2.24, 2.45) is 0 Å². The summed E-state index contributed by atoms with van der Waals surface area (Å²) in [4.78, 5) is 15.6. The van der Waals surface area contributed by atoms with Gasteiger partial charge in [-0.15, -0.1) is 0 Å². The Bertz CT molecular complexity index is 583. The zero-order valence-electron chi connectivity index (χ0n) is 9.15. The molecule has 0 saturated carbocycles. The van der Waals surface area contributed by atoms with Gasteiger partial charge in [-0.05, 0) is 30.3 Å². The number of aromatic nitrogens is 1. The number of nitrogens with two attached hydrogens (primary N) is 1. The number of amides is 1. The van der Waals surface area contributed by atoms with Gasteiger partial charge in [-0.3, -0.25) is 4.79 Å². The third-order valence-corrected chi connectivity index (χ3v) is 2.35. The van der Waals surface area contributed by atoms with E-state index in [-0.39, 0.29) is 16.5 Å². The summed E-state index contributed by atoms with van der Waals surface area (Å²) in [6.07, 6.45) is 0. The van der Waals surface area contributed by atoms with Gasteiger partial charge in [-0.1, -0.05) is 17.7 Å². The predicted octanol–water partition coefficient (Wildman–Crippen LogP) is 2.71. The highest BCUT2D eigenvalue weighted by Crippen LogP contribution is 2.15. The maximum atomic E-state index is 12.9. The van der Waals surface area contributed by atoms with Crippen LogP contribution in [-0.4, -0.2) is 10.9 Å². The Labute approximate surface area is 108 Å². The molecule has 92 valence electrons. The van der Waals surface area contributed by atoms with E-state index in [4.69, 9.17) is 17.3 Å². The fourth-order valence-electron chi connectivity index (χ4n) is 1.42. The normalized spacial score (nSPS) is 10.1. The first-order chi connectivity index (χ1) is 8.54. The molecule has 0 aliphatic carbocycles. The van der Waals surface area contributed by atoms with E-state index in [1.165, 1.54) is 30.3 Å². The van der Waals surface area contributed by atoms with Crippen LogP contribution in [0.25, 0.3) is 0 Å². The molecule has 1 amide bonds. The molecule has 0 fully saturated rings. The molecule has 4 nitrogen and oxygen atoms in total. The van der Waals surface area contributed by atoms with E-state index in [0.717, 1.165) is 0 Å². The number of nitrogens with zero attached hydrogens (tertiary/aromatic N) is 1. The lowest BCUT2D eigenvalue weighted by Gasteiger charge is -2.06. The van der Waals surface area contributed by atoms with Crippen molar-refractivity contribution in [2.45, 2.75) is 0 Å². The van der Waals surface area contributed by atoms with Gasteiger partial charge in [0.05, 0.1) is 0 Å². The van der Waals surface area contributed by atoms with E-state index in [2.05, 4.69) is 10.3 Å². The molecule has 0 bridgehead atoms. The van der Waals surface area contributed by atoms with Crippen molar-refractivity contribution in [3.63, 3.8) is 0 Å². The second-order valence-electron chi connectivity index (χ2n) is 3.57. The Morgan fingerprint density at radius 2 is 2.11 bits per heavy atom. The molecule has 0 spiro atoms. The van der Waals surface area contributed by atoms with Gasteiger partial charge < -0.3 is 11.1 Å². The van der Waals surface area contributed by atoms with E-state index in [0.29, 0.717) is 5.69 Å². The monoisotopic (exact) mass is 265 g/mol. The molecule has 0 saturated heterocycles. The van der Waals surface area contributed by atoms with Crippen LogP contribution in [0.15, 0.2) is 36.4 Å². The van der Waals surface area contributed by atoms with Crippen LogP contribution in [0.3, 0.4) is 0 Å². The van der Waals surface area contributed by atoms with Crippen LogP contribution in [0.1, 0.15) is 10.4 Å². The average molecular weight is 266 g/mol. The van der Waals surface area contributed by atoms with Crippen LogP contribution >= 0.6 is 11.6 Å². The first-order valence-corrected chi connectivity index (χ1v) is 5.42. The molecule has 0 aliphatic rings. The number of benzene rings is 1. The molecule has 2 aromatic rings. The third-order valence-electron chi connectivity index (χ3n) is 2.16. The Morgan fingerprint density at radius 1 is 1.33 bits per heavy atom. The minimum atomic E-state index is -0.434. The van der Waals surface area contributed by atoms with Crippen molar-refractivity contribution >= 4 is 29.0 Å². The van der Waals surface area contributed by atoms with Crippen LogP contribution in [0.4, 0.5) is 15.9 Å². The number of hydrogen-bond donors (Lipinski definition) is 2. The highest BCUT2D eigenvalue weighted by molar-refractivity contribution is 6.30. The number of nitrogen functional groups attached to an aromatic ring is 1. The lowest BCUT2D eigenvalue weighted by atomic mass is 10.2.